The first-order valence-corrected chi connectivity index (χ1v) is 8.06. The highest BCUT2D eigenvalue weighted by Crippen LogP contribution is 2.33. The van der Waals surface area contributed by atoms with Gasteiger partial charge in [0.1, 0.15) is 11.6 Å². The predicted molar refractivity (Wildman–Crippen MR) is 93.5 cm³/mol. The second-order valence-corrected chi connectivity index (χ2v) is 5.84. The van der Waals surface area contributed by atoms with Gasteiger partial charge in [0.2, 0.25) is 0 Å². The van der Waals surface area contributed by atoms with Gasteiger partial charge in [-0.15, -0.1) is 0 Å². The summed E-state index contributed by atoms with van der Waals surface area (Å²) >= 11 is 0. The largest absolute Gasteiger partial charge is 0.497 e. The molecule has 0 saturated carbocycles. The van der Waals surface area contributed by atoms with Gasteiger partial charge in [0.05, 0.1) is 35.7 Å². The monoisotopic (exact) mass is 339 g/mol. The number of hydrogen-bond donors (Lipinski definition) is 1. The molecule has 1 saturated heterocycles. The van der Waals surface area contributed by atoms with Crippen LogP contribution in [0.25, 0.3) is 0 Å². The first-order valence-electron chi connectivity index (χ1n) is 8.06. The highest BCUT2D eigenvalue weighted by Gasteiger charge is 2.19. The molecule has 0 bridgehead atoms. The highest BCUT2D eigenvalue weighted by atomic mass is 19.1. The smallest absolute Gasteiger partial charge is 0.258 e. The van der Waals surface area contributed by atoms with E-state index in [2.05, 4.69) is 10.2 Å². The van der Waals surface area contributed by atoms with Crippen LogP contribution in [0.4, 0.5) is 15.8 Å². The lowest BCUT2D eigenvalue weighted by Gasteiger charge is -2.22. The molecule has 6 heteroatoms. The van der Waals surface area contributed by atoms with E-state index in [1.807, 2.05) is 18.2 Å². The zero-order valence-corrected chi connectivity index (χ0v) is 13.9. The molecule has 2 aromatic rings. The van der Waals surface area contributed by atoms with Crippen molar-refractivity contribution in [2.45, 2.75) is 12.8 Å². The van der Waals surface area contributed by atoms with Crippen LogP contribution >= 0.6 is 0 Å². The molecule has 0 atom stereocenters. The van der Waals surface area contributed by atoms with Crippen molar-refractivity contribution in [2.24, 2.45) is 0 Å². The molecule has 0 aromatic heterocycles. The zero-order valence-electron chi connectivity index (χ0n) is 13.9. The number of nitrogens with one attached hydrogen (secondary N) is 1. The zero-order chi connectivity index (χ0) is 17.8. The molecular formula is C19H18FN3O2. The third-order valence-corrected chi connectivity index (χ3v) is 4.24. The van der Waals surface area contributed by atoms with E-state index in [4.69, 9.17) is 10.00 Å². The van der Waals surface area contributed by atoms with Crippen molar-refractivity contribution >= 4 is 17.3 Å². The van der Waals surface area contributed by atoms with Crippen molar-refractivity contribution in [3.63, 3.8) is 0 Å². The molecule has 2 aromatic carbocycles. The Kier molecular flexibility index (Phi) is 4.85. The second kappa shape index (κ2) is 7.22. The third-order valence-electron chi connectivity index (χ3n) is 4.24. The topological polar surface area (TPSA) is 65.4 Å². The number of nitrogens with zero attached hydrogens (tertiary/aromatic N) is 2. The summed E-state index contributed by atoms with van der Waals surface area (Å²) < 4.78 is 19.3. The number of hydrogen-bond acceptors (Lipinski definition) is 4. The van der Waals surface area contributed by atoms with Crippen molar-refractivity contribution < 1.29 is 13.9 Å². The van der Waals surface area contributed by atoms with E-state index in [9.17, 15) is 9.18 Å². The fraction of sp³-hybridized carbons (Fsp3) is 0.263. The van der Waals surface area contributed by atoms with Crippen molar-refractivity contribution in [1.82, 2.24) is 0 Å². The molecule has 1 amide bonds. The number of nitriles is 1. The van der Waals surface area contributed by atoms with Crippen LogP contribution in [0.3, 0.4) is 0 Å². The van der Waals surface area contributed by atoms with Gasteiger partial charge in [-0.1, -0.05) is 0 Å². The van der Waals surface area contributed by atoms with E-state index in [-0.39, 0.29) is 11.1 Å². The van der Waals surface area contributed by atoms with Gasteiger partial charge in [0, 0.05) is 19.2 Å². The number of carbonyl (C=O) groups is 1. The fourth-order valence-corrected chi connectivity index (χ4v) is 2.93. The van der Waals surface area contributed by atoms with Crippen molar-refractivity contribution in [1.29, 1.82) is 5.26 Å². The minimum absolute atomic E-state index is 0.103. The molecule has 1 heterocycles. The Morgan fingerprint density at radius 2 is 2.00 bits per heavy atom. The lowest BCUT2D eigenvalue weighted by Crippen LogP contribution is -2.21. The maximum atomic E-state index is 14.1. The molecular weight excluding hydrogens is 321 g/mol. The van der Waals surface area contributed by atoms with Crippen LogP contribution in [-0.2, 0) is 0 Å². The molecule has 3 rings (SSSR count). The number of benzene rings is 2. The molecule has 1 fully saturated rings. The minimum atomic E-state index is -0.720. The number of amides is 1. The molecule has 1 N–H and O–H groups in total. The van der Waals surface area contributed by atoms with Gasteiger partial charge in [0.15, 0.2) is 0 Å². The van der Waals surface area contributed by atoms with Crippen LogP contribution in [0.5, 0.6) is 5.75 Å². The summed E-state index contributed by atoms with van der Waals surface area (Å²) in [6, 6.07) is 11.1. The van der Waals surface area contributed by atoms with E-state index in [1.54, 1.807) is 13.2 Å². The Bertz CT molecular complexity index is 839. The van der Waals surface area contributed by atoms with Gasteiger partial charge in [-0.2, -0.15) is 5.26 Å². The summed E-state index contributed by atoms with van der Waals surface area (Å²) in [5.74, 6) is -0.670. The van der Waals surface area contributed by atoms with Crippen LogP contribution in [0, 0.1) is 17.1 Å². The first kappa shape index (κ1) is 16.8. The standard InChI is InChI=1S/C19H18FN3O2/c1-25-14-5-7-18(23-8-2-3-9-23)17(11-14)22-19(24)15-6-4-13(12-21)10-16(15)20/h4-7,10-11H,2-3,8-9H2,1H3,(H,22,24). The fourth-order valence-electron chi connectivity index (χ4n) is 2.93. The lowest BCUT2D eigenvalue weighted by atomic mass is 10.1. The van der Waals surface area contributed by atoms with Gasteiger partial charge in [0.25, 0.3) is 5.91 Å². The Morgan fingerprint density at radius 3 is 2.64 bits per heavy atom. The molecule has 0 aliphatic carbocycles. The van der Waals surface area contributed by atoms with Crippen LogP contribution in [0.1, 0.15) is 28.8 Å². The number of halogens is 1. The Hall–Kier alpha value is -3.07. The Labute approximate surface area is 145 Å². The van der Waals surface area contributed by atoms with Crippen LogP contribution in [-0.4, -0.2) is 26.1 Å². The van der Waals surface area contributed by atoms with Crippen molar-refractivity contribution in [2.75, 3.05) is 30.4 Å². The number of carbonyl (C=O) groups excluding carboxylic acids is 1. The summed E-state index contributed by atoms with van der Waals surface area (Å²) in [6.45, 7) is 1.83. The van der Waals surface area contributed by atoms with Gasteiger partial charge < -0.3 is 15.0 Å². The Balaban J connectivity index is 1.90. The number of anilines is 2. The molecule has 0 unspecified atom stereocenters. The molecule has 25 heavy (non-hydrogen) atoms. The summed E-state index contributed by atoms with van der Waals surface area (Å²) in [4.78, 5) is 14.7. The third kappa shape index (κ3) is 3.56. The van der Waals surface area contributed by atoms with Gasteiger partial charge >= 0.3 is 0 Å². The average molecular weight is 339 g/mol. The lowest BCUT2D eigenvalue weighted by molar-refractivity contribution is 0.102. The normalized spacial score (nSPS) is 13.4. The molecule has 128 valence electrons. The van der Waals surface area contributed by atoms with E-state index in [0.29, 0.717) is 11.4 Å². The summed E-state index contributed by atoms with van der Waals surface area (Å²) in [5, 5.41) is 11.6. The number of methoxy groups -OCH3 is 1. The molecule has 0 spiro atoms. The average Bonchev–Trinajstić information content (AvgIpc) is 3.15. The molecule has 1 aliphatic heterocycles. The van der Waals surface area contributed by atoms with Crippen LogP contribution in [0.15, 0.2) is 36.4 Å². The predicted octanol–water partition coefficient (Wildman–Crippen LogP) is 3.56. The molecule has 1 aliphatic rings. The van der Waals surface area contributed by atoms with E-state index >= 15 is 0 Å². The van der Waals surface area contributed by atoms with Gasteiger partial charge in [-0.3, -0.25) is 4.79 Å². The first-order chi connectivity index (χ1) is 12.1. The number of ether oxygens (including phenoxy) is 1. The van der Waals surface area contributed by atoms with Crippen LogP contribution in [0.2, 0.25) is 0 Å². The Morgan fingerprint density at radius 1 is 1.24 bits per heavy atom. The van der Waals surface area contributed by atoms with Crippen LogP contribution < -0.4 is 15.0 Å². The summed E-state index contributed by atoms with van der Waals surface area (Å²) in [7, 11) is 1.55. The van der Waals surface area contributed by atoms with E-state index in [0.717, 1.165) is 37.7 Å². The minimum Gasteiger partial charge on any atom is -0.497 e. The van der Waals surface area contributed by atoms with Crippen molar-refractivity contribution in [3.8, 4) is 11.8 Å². The maximum Gasteiger partial charge on any atom is 0.258 e. The second-order valence-electron chi connectivity index (χ2n) is 5.84. The van der Waals surface area contributed by atoms with E-state index in [1.165, 1.54) is 12.1 Å². The molecule has 5 nitrogen and oxygen atoms in total. The quantitative estimate of drug-likeness (QED) is 0.925. The summed E-state index contributed by atoms with van der Waals surface area (Å²) in [5.41, 5.74) is 1.54. The van der Waals surface area contributed by atoms with E-state index < -0.39 is 11.7 Å². The SMILES string of the molecule is COc1ccc(N2CCCC2)c(NC(=O)c2ccc(C#N)cc2F)c1. The number of rotatable bonds is 4. The van der Waals surface area contributed by atoms with Crippen molar-refractivity contribution in [3.05, 3.63) is 53.3 Å². The highest BCUT2D eigenvalue weighted by molar-refractivity contribution is 6.06. The summed E-state index contributed by atoms with van der Waals surface area (Å²) in [6.07, 6.45) is 2.20. The van der Waals surface area contributed by atoms with Gasteiger partial charge in [-0.25, -0.2) is 4.39 Å². The maximum absolute atomic E-state index is 14.1. The molecule has 0 radical (unpaired) electrons. The van der Waals surface area contributed by atoms with Gasteiger partial charge in [-0.05, 0) is 43.2 Å².